The fourth-order valence-electron chi connectivity index (χ4n) is 1.87. The first-order valence-electron chi connectivity index (χ1n) is 6.41. The van der Waals surface area contributed by atoms with Crippen LogP contribution in [0.2, 0.25) is 0 Å². The molecule has 2 rings (SSSR count). The van der Waals surface area contributed by atoms with E-state index in [4.69, 9.17) is 0 Å². The zero-order valence-corrected chi connectivity index (χ0v) is 11.2. The van der Waals surface area contributed by atoms with Gasteiger partial charge in [0.15, 0.2) is 0 Å². The van der Waals surface area contributed by atoms with Gasteiger partial charge in [0, 0.05) is 17.6 Å². The fraction of sp³-hybridized carbons (Fsp3) is 0.333. The number of anilines is 2. The van der Waals surface area contributed by atoms with E-state index in [0.29, 0.717) is 5.95 Å². The zero-order chi connectivity index (χ0) is 13.0. The lowest BCUT2D eigenvalue weighted by atomic mass is 10.1. The van der Waals surface area contributed by atoms with Crippen molar-refractivity contribution >= 4 is 11.6 Å². The number of hydrogen-bond acceptors (Lipinski definition) is 3. The summed E-state index contributed by atoms with van der Waals surface area (Å²) in [5.74, 6) is 0.674. The molecule has 0 aliphatic carbocycles. The Bertz CT molecular complexity index is 518. The molecule has 1 aromatic carbocycles. The molecule has 0 atom stereocenters. The summed E-state index contributed by atoms with van der Waals surface area (Å²) in [7, 11) is 0. The molecule has 0 saturated carbocycles. The summed E-state index contributed by atoms with van der Waals surface area (Å²) >= 11 is 0. The van der Waals surface area contributed by atoms with Crippen molar-refractivity contribution in [2.75, 3.05) is 5.32 Å². The van der Waals surface area contributed by atoms with Gasteiger partial charge in [-0.25, -0.2) is 9.97 Å². The van der Waals surface area contributed by atoms with Gasteiger partial charge in [-0.3, -0.25) is 0 Å². The molecule has 2 aromatic rings. The molecule has 3 heteroatoms. The summed E-state index contributed by atoms with van der Waals surface area (Å²) in [5.41, 5.74) is 4.62. The minimum Gasteiger partial charge on any atom is -0.324 e. The van der Waals surface area contributed by atoms with Crippen molar-refractivity contribution in [2.24, 2.45) is 0 Å². The standard InChI is InChI=1S/C15H19N3/c1-4-12-10-16-15(18-14(12)5-2)17-13-8-6-11(3)7-9-13/h6-10H,4-5H2,1-3H3,(H,16,17,18). The maximum Gasteiger partial charge on any atom is 0.227 e. The van der Waals surface area contributed by atoms with Crippen molar-refractivity contribution < 1.29 is 0 Å². The molecule has 0 aliphatic heterocycles. The molecule has 0 amide bonds. The Morgan fingerprint density at radius 2 is 1.78 bits per heavy atom. The number of hydrogen-bond donors (Lipinski definition) is 1. The van der Waals surface area contributed by atoms with Gasteiger partial charge in [0.2, 0.25) is 5.95 Å². The van der Waals surface area contributed by atoms with Crippen LogP contribution in [0.15, 0.2) is 30.5 Å². The second-order valence-corrected chi connectivity index (χ2v) is 4.36. The van der Waals surface area contributed by atoms with Gasteiger partial charge in [0.25, 0.3) is 0 Å². The van der Waals surface area contributed by atoms with Gasteiger partial charge in [-0.1, -0.05) is 31.5 Å². The van der Waals surface area contributed by atoms with Crippen LogP contribution in [-0.4, -0.2) is 9.97 Å². The molecule has 0 radical (unpaired) electrons. The summed E-state index contributed by atoms with van der Waals surface area (Å²) < 4.78 is 0. The van der Waals surface area contributed by atoms with Crippen LogP contribution in [0.25, 0.3) is 0 Å². The average molecular weight is 241 g/mol. The van der Waals surface area contributed by atoms with E-state index in [1.165, 1.54) is 11.1 Å². The Kier molecular flexibility index (Phi) is 3.92. The summed E-state index contributed by atoms with van der Waals surface area (Å²) in [6, 6.07) is 8.23. The number of benzene rings is 1. The molecule has 0 bridgehead atoms. The van der Waals surface area contributed by atoms with Crippen LogP contribution in [0.3, 0.4) is 0 Å². The summed E-state index contributed by atoms with van der Waals surface area (Å²) in [6.07, 6.45) is 3.84. The molecular weight excluding hydrogens is 222 g/mol. The minimum atomic E-state index is 0.674. The van der Waals surface area contributed by atoms with E-state index in [0.717, 1.165) is 24.2 Å². The molecule has 0 saturated heterocycles. The van der Waals surface area contributed by atoms with E-state index in [-0.39, 0.29) is 0 Å². The van der Waals surface area contributed by atoms with Crippen molar-refractivity contribution in [3.8, 4) is 0 Å². The molecule has 1 heterocycles. The number of nitrogens with zero attached hydrogens (tertiary/aromatic N) is 2. The minimum absolute atomic E-state index is 0.674. The van der Waals surface area contributed by atoms with Gasteiger partial charge in [-0.2, -0.15) is 0 Å². The molecule has 0 spiro atoms. The Balaban J connectivity index is 2.21. The zero-order valence-electron chi connectivity index (χ0n) is 11.2. The van der Waals surface area contributed by atoms with Crippen LogP contribution in [0.4, 0.5) is 11.6 Å². The van der Waals surface area contributed by atoms with Crippen LogP contribution in [0.5, 0.6) is 0 Å². The number of aryl methyl sites for hydroxylation is 3. The molecule has 0 aliphatic rings. The van der Waals surface area contributed by atoms with Crippen LogP contribution in [0, 0.1) is 6.92 Å². The third-order valence-electron chi connectivity index (χ3n) is 2.98. The normalized spacial score (nSPS) is 10.4. The fourth-order valence-corrected chi connectivity index (χ4v) is 1.87. The van der Waals surface area contributed by atoms with Crippen LogP contribution in [0.1, 0.15) is 30.7 Å². The van der Waals surface area contributed by atoms with Crippen LogP contribution < -0.4 is 5.32 Å². The first kappa shape index (κ1) is 12.6. The lowest BCUT2D eigenvalue weighted by molar-refractivity contribution is 0.935. The predicted molar refractivity (Wildman–Crippen MR) is 75.2 cm³/mol. The Morgan fingerprint density at radius 1 is 1.06 bits per heavy atom. The van der Waals surface area contributed by atoms with Crippen molar-refractivity contribution in [2.45, 2.75) is 33.6 Å². The van der Waals surface area contributed by atoms with Crippen molar-refractivity contribution in [1.29, 1.82) is 0 Å². The van der Waals surface area contributed by atoms with E-state index in [1.807, 2.05) is 18.3 Å². The largest absolute Gasteiger partial charge is 0.324 e. The van der Waals surface area contributed by atoms with Crippen LogP contribution >= 0.6 is 0 Å². The Hall–Kier alpha value is -1.90. The molecule has 1 aromatic heterocycles. The lowest BCUT2D eigenvalue weighted by Gasteiger charge is -2.09. The highest BCUT2D eigenvalue weighted by atomic mass is 15.1. The van der Waals surface area contributed by atoms with Gasteiger partial charge in [-0.05, 0) is 37.5 Å². The Morgan fingerprint density at radius 3 is 2.39 bits per heavy atom. The maximum absolute atomic E-state index is 4.56. The first-order chi connectivity index (χ1) is 8.72. The third-order valence-corrected chi connectivity index (χ3v) is 2.98. The maximum atomic E-state index is 4.56. The van der Waals surface area contributed by atoms with Crippen molar-refractivity contribution in [3.05, 3.63) is 47.3 Å². The molecule has 94 valence electrons. The highest BCUT2D eigenvalue weighted by molar-refractivity contribution is 5.53. The molecular formula is C15H19N3. The molecule has 0 fully saturated rings. The smallest absolute Gasteiger partial charge is 0.227 e. The quantitative estimate of drug-likeness (QED) is 0.887. The monoisotopic (exact) mass is 241 g/mol. The number of rotatable bonds is 4. The van der Waals surface area contributed by atoms with E-state index in [2.05, 4.69) is 48.2 Å². The van der Waals surface area contributed by atoms with Crippen molar-refractivity contribution in [3.63, 3.8) is 0 Å². The average Bonchev–Trinajstić information content (AvgIpc) is 2.41. The summed E-state index contributed by atoms with van der Waals surface area (Å²) in [4.78, 5) is 8.91. The van der Waals surface area contributed by atoms with Crippen molar-refractivity contribution in [1.82, 2.24) is 9.97 Å². The second-order valence-electron chi connectivity index (χ2n) is 4.36. The van der Waals surface area contributed by atoms with E-state index < -0.39 is 0 Å². The summed E-state index contributed by atoms with van der Waals surface area (Å²) in [6.45, 7) is 6.33. The topological polar surface area (TPSA) is 37.8 Å². The SMILES string of the molecule is CCc1cnc(Nc2ccc(C)cc2)nc1CC. The highest BCUT2D eigenvalue weighted by Crippen LogP contribution is 2.15. The van der Waals surface area contributed by atoms with E-state index >= 15 is 0 Å². The third kappa shape index (κ3) is 2.86. The van der Waals surface area contributed by atoms with E-state index in [1.54, 1.807) is 0 Å². The predicted octanol–water partition coefficient (Wildman–Crippen LogP) is 3.65. The Labute approximate surface area is 108 Å². The molecule has 3 nitrogen and oxygen atoms in total. The molecule has 1 N–H and O–H groups in total. The van der Waals surface area contributed by atoms with Gasteiger partial charge in [-0.15, -0.1) is 0 Å². The highest BCUT2D eigenvalue weighted by Gasteiger charge is 2.04. The summed E-state index contributed by atoms with van der Waals surface area (Å²) in [5, 5.41) is 3.23. The number of nitrogens with one attached hydrogen (secondary N) is 1. The van der Waals surface area contributed by atoms with Gasteiger partial charge in [0.05, 0.1) is 0 Å². The van der Waals surface area contributed by atoms with Gasteiger partial charge < -0.3 is 5.32 Å². The number of aromatic nitrogens is 2. The second kappa shape index (κ2) is 5.63. The van der Waals surface area contributed by atoms with Gasteiger partial charge >= 0.3 is 0 Å². The van der Waals surface area contributed by atoms with Gasteiger partial charge in [0.1, 0.15) is 0 Å². The first-order valence-corrected chi connectivity index (χ1v) is 6.41. The lowest BCUT2D eigenvalue weighted by Crippen LogP contribution is -2.03. The molecule has 18 heavy (non-hydrogen) atoms. The van der Waals surface area contributed by atoms with Crippen LogP contribution in [-0.2, 0) is 12.8 Å². The molecule has 0 unspecified atom stereocenters. The van der Waals surface area contributed by atoms with E-state index in [9.17, 15) is 0 Å².